The van der Waals surface area contributed by atoms with Crippen LogP contribution in [-0.4, -0.2) is 42.6 Å². The smallest absolute Gasteiger partial charge is 0.329 e. The highest BCUT2D eigenvalue weighted by atomic mass is 16.5. The highest BCUT2D eigenvalue weighted by Gasteiger charge is 2.41. The third kappa shape index (κ3) is 3.49. The molecule has 1 heterocycles. The Labute approximate surface area is 146 Å². The lowest BCUT2D eigenvalue weighted by molar-refractivity contribution is -0.144. The zero-order valence-corrected chi connectivity index (χ0v) is 14.0. The molecule has 2 aromatic rings. The first-order valence-corrected chi connectivity index (χ1v) is 8.16. The topological polar surface area (TPSA) is 75.9 Å². The van der Waals surface area contributed by atoms with Gasteiger partial charge in [-0.25, -0.2) is 9.59 Å². The van der Waals surface area contributed by atoms with Crippen molar-refractivity contribution in [1.29, 1.82) is 0 Å². The van der Waals surface area contributed by atoms with Crippen LogP contribution < -0.4 is 10.6 Å². The molecule has 0 saturated carbocycles. The van der Waals surface area contributed by atoms with E-state index in [9.17, 15) is 9.59 Å². The molecule has 2 amide bonds. The number of nitrogens with two attached hydrogens (primary N) is 1. The van der Waals surface area contributed by atoms with E-state index in [4.69, 9.17) is 10.5 Å². The van der Waals surface area contributed by atoms with Crippen molar-refractivity contribution in [3.05, 3.63) is 60.7 Å². The number of para-hydroxylation sites is 2. The predicted molar refractivity (Wildman–Crippen MR) is 95.5 cm³/mol. The summed E-state index contributed by atoms with van der Waals surface area (Å²) in [5.41, 5.74) is 7.45. The van der Waals surface area contributed by atoms with Crippen LogP contribution in [0.2, 0.25) is 0 Å². The van der Waals surface area contributed by atoms with Crippen molar-refractivity contribution in [2.24, 2.45) is 5.73 Å². The molecule has 0 aromatic heterocycles. The maximum atomic E-state index is 13.3. The lowest BCUT2D eigenvalue weighted by Crippen LogP contribution is -2.47. The van der Waals surface area contributed by atoms with Gasteiger partial charge in [0, 0.05) is 12.6 Å². The highest BCUT2D eigenvalue weighted by molar-refractivity contribution is 6.01. The Morgan fingerprint density at radius 1 is 1.04 bits per heavy atom. The van der Waals surface area contributed by atoms with Gasteiger partial charge < -0.3 is 15.4 Å². The molecule has 6 heteroatoms. The number of anilines is 2. The van der Waals surface area contributed by atoms with E-state index in [1.165, 1.54) is 12.0 Å². The lowest BCUT2D eigenvalue weighted by Gasteiger charge is -2.31. The van der Waals surface area contributed by atoms with Crippen LogP contribution in [-0.2, 0) is 9.53 Å². The minimum atomic E-state index is -0.664. The van der Waals surface area contributed by atoms with Crippen molar-refractivity contribution >= 4 is 23.4 Å². The molecule has 0 unspecified atom stereocenters. The molecule has 0 bridgehead atoms. The van der Waals surface area contributed by atoms with Gasteiger partial charge in [-0.15, -0.1) is 0 Å². The molecule has 130 valence electrons. The van der Waals surface area contributed by atoms with Gasteiger partial charge in [0.25, 0.3) is 0 Å². The Morgan fingerprint density at radius 3 is 2.04 bits per heavy atom. The number of likely N-dealkylation sites (tertiary alicyclic amines) is 1. The monoisotopic (exact) mass is 339 g/mol. The summed E-state index contributed by atoms with van der Waals surface area (Å²) in [7, 11) is 1.32. The number of esters is 1. The molecule has 2 N–H and O–H groups in total. The second-order valence-corrected chi connectivity index (χ2v) is 5.98. The average molecular weight is 339 g/mol. The summed E-state index contributed by atoms with van der Waals surface area (Å²) in [4.78, 5) is 28.5. The van der Waals surface area contributed by atoms with Crippen LogP contribution in [0, 0.1) is 0 Å². The van der Waals surface area contributed by atoms with Gasteiger partial charge >= 0.3 is 12.0 Å². The van der Waals surface area contributed by atoms with Gasteiger partial charge in [0.1, 0.15) is 6.04 Å². The fourth-order valence-electron chi connectivity index (χ4n) is 3.09. The van der Waals surface area contributed by atoms with E-state index in [2.05, 4.69) is 0 Å². The first-order chi connectivity index (χ1) is 12.1. The van der Waals surface area contributed by atoms with Crippen LogP contribution in [0.1, 0.15) is 6.42 Å². The molecule has 0 aliphatic carbocycles. The minimum Gasteiger partial charge on any atom is -0.467 e. The van der Waals surface area contributed by atoms with Gasteiger partial charge in [-0.2, -0.15) is 0 Å². The van der Waals surface area contributed by atoms with E-state index in [1.54, 1.807) is 4.90 Å². The van der Waals surface area contributed by atoms with E-state index >= 15 is 0 Å². The zero-order valence-electron chi connectivity index (χ0n) is 14.0. The Bertz CT molecular complexity index is 697. The summed E-state index contributed by atoms with van der Waals surface area (Å²) >= 11 is 0. The molecule has 6 nitrogen and oxygen atoms in total. The average Bonchev–Trinajstić information content (AvgIpc) is 3.05. The second kappa shape index (κ2) is 7.36. The van der Waals surface area contributed by atoms with E-state index in [1.807, 2.05) is 60.7 Å². The number of nitrogens with zero attached hydrogens (tertiary/aromatic N) is 2. The van der Waals surface area contributed by atoms with Crippen LogP contribution in [0.15, 0.2) is 60.7 Å². The molecular formula is C19H21N3O3. The Hall–Kier alpha value is -2.86. The van der Waals surface area contributed by atoms with Gasteiger partial charge in [-0.1, -0.05) is 36.4 Å². The number of carbonyl (C=O) groups is 2. The van der Waals surface area contributed by atoms with Crippen LogP contribution in [0.4, 0.5) is 16.2 Å². The van der Waals surface area contributed by atoms with E-state index in [0.29, 0.717) is 13.0 Å². The first-order valence-electron chi connectivity index (χ1n) is 8.16. The van der Waals surface area contributed by atoms with Gasteiger partial charge in [0.15, 0.2) is 0 Å². The Morgan fingerprint density at radius 2 is 1.56 bits per heavy atom. The standard InChI is InChI=1S/C19H21N3O3/c1-25-18(23)17-12-14(20)13-21(17)19(24)22(15-8-4-2-5-9-15)16-10-6-3-7-11-16/h2-11,14,17H,12-13,20H2,1H3/t14-,17-/m0/s1. The number of urea groups is 1. The van der Waals surface area contributed by atoms with Crippen LogP contribution in [0.5, 0.6) is 0 Å². The number of hydrogen-bond acceptors (Lipinski definition) is 4. The van der Waals surface area contributed by atoms with Gasteiger partial charge in [-0.3, -0.25) is 4.90 Å². The van der Waals surface area contributed by atoms with Crippen molar-refractivity contribution in [3.8, 4) is 0 Å². The summed E-state index contributed by atoms with van der Waals surface area (Å²) in [6.45, 7) is 0.314. The normalized spacial score (nSPS) is 19.5. The molecular weight excluding hydrogens is 318 g/mol. The molecule has 1 aliphatic rings. The number of carbonyl (C=O) groups excluding carboxylic acids is 2. The summed E-state index contributed by atoms with van der Waals surface area (Å²) in [5, 5.41) is 0. The lowest BCUT2D eigenvalue weighted by atomic mass is 10.2. The number of rotatable bonds is 3. The third-order valence-corrected chi connectivity index (χ3v) is 4.27. The number of methoxy groups -OCH3 is 1. The maximum absolute atomic E-state index is 13.3. The largest absolute Gasteiger partial charge is 0.467 e. The van der Waals surface area contributed by atoms with Crippen molar-refractivity contribution in [3.63, 3.8) is 0 Å². The molecule has 25 heavy (non-hydrogen) atoms. The fourth-order valence-corrected chi connectivity index (χ4v) is 3.09. The molecule has 1 fully saturated rings. The van der Waals surface area contributed by atoms with E-state index < -0.39 is 12.0 Å². The van der Waals surface area contributed by atoms with Crippen LogP contribution in [0.25, 0.3) is 0 Å². The molecule has 2 aromatic carbocycles. The van der Waals surface area contributed by atoms with Gasteiger partial charge in [0.2, 0.25) is 0 Å². The summed E-state index contributed by atoms with van der Waals surface area (Å²) in [5.74, 6) is -0.442. The molecule has 3 rings (SSSR count). The number of amides is 2. The summed E-state index contributed by atoms with van der Waals surface area (Å²) in [6, 6.07) is 17.5. The van der Waals surface area contributed by atoms with Crippen molar-refractivity contribution in [2.45, 2.75) is 18.5 Å². The minimum absolute atomic E-state index is 0.249. The SMILES string of the molecule is COC(=O)[C@@H]1C[C@H](N)CN1C(=O)N(c1ccccc1)c1ccccc1. The predicted octanol–water partition coefficient (Wildman–Crippen LogP) is 2.52. The maximum Gasteiger partial charge on any atom is 0.329 e. The molecule has 1 aliphatic heterocycles. The number of benzene rings is 2. The fraction of sp³-hybridized carbons (Fsp3) is 0.263. The van der Waals surface area contributed by atoms with Crippen molar-refractivity contribution < 1.29 is 14.3 Å². The second-order valence-electron chi connectivity index (χ2n) is 5.98. The number of ether oxygens (including phenoxy) is 1. The molecule has 1 saturated heterocycles. The van der Waals surface area contributed by atoms with E-state index in [-0.39, 0.29) is 12.1 Å². The Kier molecular flexibility index (Phi) is 5.00. The summed E-state index contributed by atoms with van der Waals surface area (Å²) in [6.07, 6.45) is 0.399. The zero-order chi connectivity index (χ0) is 17.8. The third-order valence-electron chi connectivity index (χ3n) is 4.27. The van der Waals surface area contributed by atoms with E-state index in [0.717, 1.165) is 11.4 Å². The first kappa shape index (κ1) is 17.0. The van der Waals surface area contributed by atoms with Crippen LogP contribution >= 0.6 is 0 Å². The quantitative estimate of drug-likeness (QED) is 0.872. The molecule has 0 spiro atoms. The summed E-state index contributed by atoms with van der Waals surface area (Å²) < 4.78 is 4.85. The molecule has 0 radical (unpaired) electrons. The Balaban J connectivity index is 1.98. The van der Waals surface area contributed by atoms with Crippen LogP contribution in [0.3, 0.4) is 0 Å². The van der Waals surface area contributed by atoms with Crippen molar-refractivity contribution in [2.75, 3.05) is 18.6 Å². The highest BCUT2D eigenvalue weighted by Crippen LogP contribution is 2.29. The molecule has 2 atom stereocenters. The van der Waals surface area contributed by atoms with Crippen molar-refractivity contribution in [1.82, 2.24) is 4.90 Å². The number of hydrogen-bond donors (Lipinski definition) is 1. The van der Waals surface area contributed by atoms with Gasteiger partial charge in [-0.05, 0) is 30.7 Å². The van der Waals surface area contributed by atoms with Gasteiger partial charge in [0.05, 0.1) is 18.5 Å².